The van der Waals surface area contributed by atoms with E-state index in [2.05, 4.69) is 4.72 Å². The van der Waals surface area contributed by atoms with E-state index in [9.17, 15) is 16.8 Å². The third-order valence-corrected chi connectivity index (χ3v) is 6.51. The van der Waals surface area contributed by atoms with E-state index in [1.807, 2.05) is 6.92 Å². The molecule has 1 rings (SSSR count). The van der Waals surface area contributed by atoms with Gasteiger partial charge in [-0.2, -0.15) is 0 Å². The normalized spacial score (nSPS) is 23.3. The van der Waals surface area contributed by atoms with Crippen LogP contribution in [0.2, 0.25) is 0 Å². The van der Waals surface area contributed by atoms with Gasteiger partial charge in [0.15, 0.2) is 9.84 Å². The van der Waals surface area contributed by atoms with Crippen molar-refractivity contribution in [2.75, 3.05) is 23.8 Å². The minimum Gasteiger partial charge on any atom is -0.229 e. The van der Waals surface area contributed by atoms with E-state index in [0.29, 0.717) is 25.1 Å². The highest BCUT2D eigenvalue weighted by molar-refractivity contribution is 7.91. The SMILES string of the molecule is CCCCS(=O)(=O)NCCCC1CCS(=O)(=O)C1. The first-order valence-electron chi connectivity index (χ1n) is 6.52. The van der Waals surface area contributed by atoms with Crippen LogP contribution in [0.4, 0.5) is 0 Å². The number of sulfone groups is 1. The Morgan fingerprint density at radius 2 is 2.00 bits per heavy atom. The lowest BCUT2D eigenvalue weighted by Gasteiger charge is -2.08. The maximum atomic E-state index is 11.5. The fourth-order valence-corrected chi connectivity index (χ4v) is 5.30. The number of hydrogen-bond donors (Lipinski definition) is 1. The summed E-state index contributed by atoms with van der Waals surface area (Å²) in [6.45, 7) is 2.37. The molecule has 0 saturated carbocycles. The number of unbranched alkanes of at least 4 members (excludes halogenated alkanes) is 1. The molecule has 0 aliphatic carbocycles. The number of nitrogens with one attached hydrogen (secondary N) is 1. The molecule has 0 spiro atoms. The van der Waals surface area contributed by atoms with Crippen LogP contribution >= 0.6 is 0 Å². The molecule has 1 heterocycles. The van der Waals surface area contributed by atoms with Gasteiger partial charge in [-0.25, -0.2) is 21.6 Å². The first-order chi connectivity index (χ1) is 8.35. The monoisotopic (exact) mass is 297 g/mol. The molecule has 0 bridgehead atoms. The Hall–Kier alpha value is -0.140. The van der Waals surface area contributed by atoms with Gasteiger partial charge in [0.25, 0.3) is 0 Å². The molecule has 18 heavy (non-hydrogen) atoms. The van der Waals surface area contributed by atoms with Crippen molar-refractivity contribution >= 4 is 19.9 Å². The molecule has 1 saturated heterocycles. The molecule has 5 nitrogen and oxygen atoms in total. The summed E-state index contributed by atoms with van der Waals surface area (Å²) in [5.41, 5.74) is 0. The Kier molecular flexibility index (Phi) is 6.07. The van der Waals surface area contributed by atoms with Crippen molar-refractivity contribution in [2.45, 2.75) is 39.0 Å². The third-order valence-electron chi connectivity index (χ3n) is 3.20. The zero-order valence-corrected chi connectivity index (χ0v) is 12.5. The second kappa shape index (κ2) is 6.86. The predicted molar refractivity (Wildman–Crippen MR) is 72.7 cm³/mol. The van der Waals surface area contributed by atoms with Gasteiger partial charge in [-0.15, -0.1) is 0 Å². The lowest BCUT2D eigenvalue weighted by atomic mass is 10.0. The first-order valence-corrected chi connectivity index (χ1v) is 10.00. The van der Waals surface area contributed by atoms with Gasteiger partial charge < -0.3 is 0 Å². The van der Waals surface area contributed by atoms with E-state index >= 15 is 0 Å². The molecular formula is C11H23NO4S2. The van der Waals surface area contributed by atoms with Crippen LogP contribution in [0, 0.1) is 5.92 Å². The maximum absolute atomic E-state index is 11.5. The summed E-state index contributed by atoms with van der Waals surface area (Å²) in [5, 5.41) is 0. The zero-order valence-electron chi connectivity index (χ0n) is 10.9. The standard InChI is InChI=1S/C11H23NO4S2/c1-2-3-8-18(15,16)12-7-4-5-11-6-9-17(13,14)10-11/h11-12H,2-10H2,1H3. The van der Waals surface area contributed by atoms with Crippen LogP contribution in [-0.4, -0.2) is 40.6 Å². The summed E-state index contributed by atoms with van der Waals surface area (Å²) >= 11 is 0. The van der Waals surface area contributed by atoms with E-state index in [1.165, 1.54) is 0 Å². The van der Waals surface area contributed by atoms with Crippen LogP contribution in [-0.2, 0) is 19.9 Å². The molecule has 0 radical (unpaired) electrons. The summed E-state index contributed by atoms with van der Waals surface area (Å²) < 4.78 is 48.0. The molecule has 7 heteroatoms. The third kappa shape index (κ3) is 6.15. The van der Waals surface area contributed by atoms with E-state index in [4.69, 9.17) is 0 Å². The predicted octanol–water partition coefficient (Wildman–Crippen LogP) is 0.921. The highest BCUT2D eigenvalue weighted by atomic mass is 32.2. The molecule has 1 aliphatic heterocycles. The lowest BCUT2D eigenvalue weighted by molar-refractivity contribution is 0.512. The number of rotatable bonds is 8. The molecule has 0 amide bonds. The molecule has 1 fully saturated rings. The number of sulfonamides is 1. The zero-order chi connectivity index (χ0) is 13.6. The molecule has 0 aromatic heterocycles. The molecule has 0 aromatic rings. The highest BCUT2D eigenvalue weighted by Crippen LogP contribution is 2.22. The van der Waals surface area contributed by atoms with Gasteiger partial charge in [0.05, 0.1) is 17.3 Å². The van der Waals surface area contributed by atoms with Crippen molar-refractivity contribution in [1.29, 1.82) is 0 Å². The second-order valence-electron chi connectivity index (χ2n) is 4.98. The smallest absolute Gasteiger partial charge is 0.211 e. The van der Waals surface area contributed by atoms with E-state index in [0.717, 1.165) is 19.3 Å². The Labute approximate surface area is 110 Å². The maximum Gasteiger partial charge on any atom is 0.211 e. The van der Waals surface area contributed by atoms with Crippen molar-refractivity contribution in [3.05, 3.63) is 0 Å². The second-order valence-corrected chi connectivity index (χ2v) is 9.13. The van der Waals surface area contributed by atoms with Gasteiger partial charge in [-0.05, 0) is 31.6 Å². The minimum absolute atomic E-state index is 0.182. The van der Waals surface area contributed by atoms with Crippen LogP contribution in [0.5, 0.6) is 0 Å². The Morgan fingerprint density at radius 1 is 1.28 bits per heavy atom. The van der Waals surface area contributed by atoms with E-state index in [1.54, 1.807) is 0 Å². The quantitative estimate of drug-likeness (QED) is 0.676. The van der Waals surface area contributed by atoms with Crippen molar-refractivity contribution in [3.8, 4) is 0 Å². The average molecular weight is 297 g/mol. The molecule has 1 N–H and O–H groups in total. The summed E-state index contributed by atoms with van der Waals surface area (Å²) in [7, 11) is -5.94. The van der Waals surface area contributed by atoms with Gasteiger partial charge in [-0.1, -0.05) is 13.3 Å². The van der Waals surface area contributed by atoms with Crippen LogP contribution in [0.25, 0.3) is 0 Å². The molecule has 108 valence electrons. The Morgan fingerprint density at radius 3 is 2.56 bits per heavy atom. The Balaban J connectivity index is 2.16. The molecule has 1 atom stereocenters. The van der Waals surface area contributed by atoms with Crippen molar-refractivity contribution in [3.63, 3.8) is 0 Å². The van der Waals surface area contributed by atoms with Crippen molar-refractivity contribution < 1.29 is 16.8 Å². The average Bonchev–Trinajstić information content (AvgIpc) is 2.62. The molecule has 0 aromatic carbocycles. The number of hydrogen-bond acceptors (Lipinski definition) is 4. The van der Waals surface area contributed by atoms with Crippen LogP contribution < -0.4 is 4.72 Å². The summed E-state index contributed by atoms with van der Waals surface area (Å²) in [4.78, 5) is 0. The molecular weight excluding hydrogens is 274 g/mol. The minimum atomic E-state index is -3.13. The molecule has 1 unspecified atom stereocenters. The molecule has 1 aliphatic rings. The fraction of sp³-hybridized carbons (Fsp3) is 1.00. The lowest BCUT2D eigenvalue weighted by Crippen LogP contribution is -2.27. The highest BCUT2D eigenvalue weighted by Gasteiger charge is 2.27. The van der Waals surface area contributed by atoms with Crippen LogP contribution in [0.3, 0.4) is 0 Å². The van der Waals surface area contributed by atoms with Gasteiger partial charge in [0, 0.05) is 6.54 Å². The van der Waals surface area contributed by atoms with Crippen molar-refractivity contribution in [1.82, 2.24) is 4.72 Å². The van der Waals surface area contributed by atoms with E-state index < -0.39 is 19.9 Å². The topological polar surface area (TPSA) is 80.3 Å². The van der Waals surface area contributed by atoms with Gasteiger partial charge >= 0.3 is 0 Å². The summed E-state index contributed by atoms with van der Waals surface area (Å²) in [6.07, 6.45) is 3.77. The largest absolute Gasteiger partial charge is 0.229 e. The van der Waals surface area contributed by atoms with Gasteiger partial charge in [-0.3, -0.25) is 0 Å². The van der Waals surface area contributed by atoms with Crippen molar-refractivity contribution in [2.24, 2.45) is 5.92 Å². The van der Waals surface area contributed by atoms with Gasteiger partial charge in [0.2, 0.25) is 10.0 Å². The van der Waals surface area contributed by atoms with Gasteiger partial charge in [0.1, 0.15) is 0 Å². The Bertz CT molecular complexity index is 442. The fourth-order valence-electron chi connectivity index (χ4n) is 2.12. The summed E-state index contributed by atoms with van der Waals surface area (Å²) in [5.74, 6) is 0.965. The summed E-state index contributed by atoms with van der Waals surface area (Å²) in [6, 6.07) is 0. The first kappa shape index (κ1) is 15.9. The van der Waals surface area contributed by atoms with Crippen LogP contribution in [0.1, 0.15) is 39.0 Å². The van der Waals surface area contributed by atoms with E-state index in [-0.39, 0.29) is 17.4 Å². The van der Waals surface area contributed by atoms with Crippen LogP contribution in [0.15, 0.2) is 0 Å².